The van der Waals surface area contributed by atoms with Crippen LogP contribution in [0.3, 0.4) is 0 Å². The van der Waals surface area contributed by atoms with Crippen molar-refractivity contribution in [2.75, 3.05) is 12.4 Å². The van der Waals surface area contributed by atoms with Crippen LogP contribution in [0.1, 0.15) is 37.6 Å². The smallest absolute Gasteiger partial charge is 0.163 e. The Labute approximate surface area is 152 Å². The fourth-order valence-corrected chi connectivity index (χ4v) is 3.64. The molecule has 3 aromatic rings. The van der Waals surface area contributed by atoms with E-state index < -0.39 is 0 Å². The molecule has 0 fully saturated rings. The maximum atomic E-state index is 6.18. The molecule has 1 aliphatic rings. The number of anilines is 1. The van der Waals surface area contributed by atoms with Gasteiger partial charge in [-0.3, -0.25) is 4.68 Å². The number of nitrogens with zero attached hydrogens (tertiary/aromatic N) is 4. The Balaban J connectivity index is 1.78. The second-order valence-electron chi connectivity index (χ2n) is 7.30. The van der Waals surface area contributed by atoms with Crippen LogP contribution in [0.15, 0.2) is 24.5 Å². The van der Waals surface area contributed by atoms with Gasteiger partial charge in [-0.25, -0.2) is 9.97 Å². The van der Waals surface area contributed by atoms with Gasteiger partial charge in [0, 0.05) is 25.1 Å². The summed E-state index contributed by atoms with van der Waals surface area (Å²) in [7, 11) is 3.56. The van der Waals surface area contributed by atoms with E-state index in [1.165, 1.54) is 0 Å². The summed E-state index contributed by atoms with van der Waals surface area (Å²) < 4.78 is 13.3. The van der Waals surface area contributed by atoms with Gasteiger partial charge in [-0.1, -0.05) is 0 Å². The second-order valence-corrected chi connectivity index (χ2v) is 7.30. The van der Waals surface area contributed by atoms with Crippen LogP contribution in [0.25, 0.3) is 11.0 Å². The van der Waals surface area contributed by atoms with Crippen LogP contribution in [0.4, 0.5) is 5.82 Å². The summed E-state index contributed by atoms with van der Waals surface area (Å²) >= 11 is 0. The lowest BCUT2D eigenvalue weighted by molar-refractivity contribution is 0.0755. The van der Waals surface area contributed by atoms with Crippen molar-refractivity contribution in [2.24, 2.45) is 7.05 Å². The molecule has 1 aromatic carbocycles. The van der Waals surface area contributed by atoms with Crippen molar-refractivity contribution >= 4 is 16.9 Å². The standard InChI is InChI=1S/C19H23N5O2/c1-11-16-17(20-10-21-18(16)24(4)23-11)22-14-9-19(2,3)26-15-8-12(25-5)6-7-13(14)15/h6-8,10,14H,9H2,1-5H3,(H,20,21,22)/t14-/m1/s1. The molecule has 1 atom stereocenters. The lowest BCUT2D eigenvalue weighted by atomic mass is 9.89. The Morgan fingerprint density at radius 3 is 2.88 bits per heavy atom. The van der Waals surface area contributed by atoms with E-state index in [0.717, 1.165) is 46.0 Å². The first-order valence-electron chi connectivity index (χ1n) is 8.66. The number of aromatic nitrogens is 4. The number of ether oxygens (including phenoxy) is 2. The Kier molecular flexibility index (Phi) is 3.75. The Morgan fingerprint density at radius 2 is 2.12 bits per heavy atom. The molecule has 4 rings (SSSR count). The lowest BCUT2D eigenvalue weighted by Crippen LogP contribution is -2.37. The number of fused-ring (bicyclic) bond motifs is 2. The predicted octanol–water partition coefficient (Wildman–Crippen LogP) is 3.39. The van der Waals surface area contributed by atoms with E-state index in [1.807, 2.05) is 26.1 Å². The van der Waals surface area contributed by atoms with Gasteiger partial charge in [-0.05, 0) is 32.9 Å². The van der Waals surface area contributed by atoms with Gasteiger partial charge in [-0.15, -0.1) is 0 Å². The van der Waals surface area contributed by atoms with Gasteiger partial charge in [-0.2, -0.15) is 5.10 Å². The summed E-state index contributed by atoms with van der Waals surface area (Å²) in [5.41, 5.74) is 2.53. The summed E-state index contributed by atoms with van der Waals surface area (Å²) in [4.78, 5) is 8.85. The molecule has 0 saturated heterocycles. The number of benzene rings is 1. The first kappa shape index (κ1) is 16.6. The third kappa shape index (κ3) is 2.73. The van der Waals surface area contributed by atoms with Crippen molar-refractivity contribution in [3.63, 3.8) is 0 Å². The molecule has 0 aliphatic carbocycles. The highest BCUT2D eigenvalue weighted by Crippen LogP contribution is 2.43. The minimum atomic E-state index is -0.298. The van der Waals surface area contributed by atoms with Crippen molar-refractivity contribution in [1.82, 2.24) is 19.7 Å². The zero-order valence-corrected chi connectivity index (χ0v) is 15.7. The number of rotatable bonds is 3. The number of nitrogens with one attached hydrogen (secondary N) is 1. The molecule has 0 amide bonds. The number of hydrogen-bond donors (Lipinski definition) is 1. The number of aryl methyl sites for hydroxylation is 2. The van der Waals surface area contributed by atoms with Crippen LogP contribution in [0, 0.1) is 6.92 Å². The van der Waals surface area contributed by atoms with E-state index in [0.29, 0.717) is 0 Å². The van der Waals surface area contributed by atoms with Crippen molar-refractivity contribution < 1.29 is 9.47 Å². The average molecular weight is 353 g/mol. The maximum absolute atomic E-state index is 6.18. The zero-order chi connectivity index (χ0) is 18.5. The van der Waals surface area contributed by atoms with E-state index in [4.69, 9.17) is 9.47 Å². The molecule has 0 spiro atoms. The highest BCUT2D eigenvalue weighted by atomic mass is 16.5. The van der Waals surface area contributed by atoms with Crippen LogP contribution in [-0.2, 0) is 7.05 Å². The van der Waals surface area contributed by atoms with Gasteiger partial charge in [0.05, 0.1) is 24.2 Å². The first-order valence-corrected chi connectivity index (χ1v) is 8.66. The molecule has 26 heavy (non-hydrogen) atoms. The van der Waals surface area contributed by atoms with Crippen molar-refractivity contribution in [3.8, 4) is 11.5 Å². The second kappa shape index (κ2) is 5.86. The van der Waals surface area contributed by atoms with Gasteiger partial charge in [0.2, 0.25) is 0 Å². The quantitative estimate of drug-likeness (QED) is 0.778. The number of hydrogen-bond acceptors (Lipinski definition) is 6. The SMILES string of the molecule is COc1ccc2c(c1)OC(C)(C)C[C@H]2Nc1ncnc2c1c(C)nn2C. The Hall–Kier alpha value is -2.83. The average Bonchev–Trinajstić information content (AvgIpc) is 2.88. The van der Waals surface area contributed by atoms with Crippen LogP contribution >= 0.6 is 0 Å². The molecule has 0 unspecified atom stereocenters. The summed E-state index contributed by atoms with van der Waals surface area (Å²) in [6.07, 6.45) is 2.39. The maximum Gasteiger partial charge on any atom is 0.163 e. The number of methoxy groups -OCH3 is 1. The third-order valence-electron chi connectivity index (χ3n) is 4.78. The van der Waals surface area contributed by atoms with Gasteiger partial charge >= 0.3 is 0 Å². The van der Waals surface area contributed by atoms with Crippen LogP contribution in [0.5, 0.6) is 11.5 Å². The molecule has 0 radical (unpaired) electrons. The predicted molar refractivity (Wildman–Crippen MR) is 99.7 cm³/mol. The van der Waals surface area contributed by atoms with E-state index in [2.05, 4.69) is 40.3 Å². The van der Waals surface area contributed by atoms with Crippen LogP contribution in [0.2, 0.25) is 0 Å². The normalized spacial score (nSPS) is 18.3. The van der Waals surface area contributed by atoms with E-state index in [9.17, 15) is 0 Å². The summed E-state index contributed by atoms with van der Waals surface area (Å²) in [5.74, 6) is 2.42. The van der Waals surface area contributed by atoms with Gasteiger partial charge in [0.25, 0.3) is 0 Å². The van der Waals surface area contributed by atoms with Gasteiger partial charge in [0.1, 0.15) is 29.2 Å². The van der Waals surface area contributed by atoms with E-state index in [-0.39, 0.29) is 11.6 Å². The molecule has 0 saturated carbocycles. The fraction of sp³-hybridized carbons (Fsp3) is 0.421. The van der Waals surface area contributed by atoms with Crippen LogP contribution < -0.4 is 14.8 Å². The van der Waals surface area contributed by atoms with Crippen molar-refractivity contribution in [1.29, 1.82) is 0 Å². The molecule has 0 bridgehead atoms. The van der Waals surface area contributed by atoms with Crippen molar-refractivity contribution in [2.45, 2.75) is 38.8 Å². The molecule has 2 aromatic heterocycles. The summed E-state index contributed by atoms with van der Waals surface area (Å²) in [6, 6.07) is 6.02. The summed E-state index contributed by atoms with van der Waals surface area (Å²) in [6.45, 7) is 6.16. The first-order chi connectivity index (χ1) is 12.4. The minimum Gasteiger partial charge on any atom is -0.497 e. The topological polar surface area (TPSA) is 74.1 Å². The molecule has 7 heteroatoms. The van der Waals surface area contributed by atoms with Gasteiger partial charge in [0.15, 0.2) is 5.65 Å². The third-order valence-corrected chi connectivity index (χ3v) is 4.78. The lowest BCUT2D eigenvalue weighted by Gasteiger charge is -2.38. The molecular formula is C19H23N5O2. The Bertz CT molecular complexity index is 979. The molecule has 1 N–H and O–H groups in total. The minimum absolute atomic E-state index is 0.0670. The molecule has 136 valence electrons. The highest BCUT2D eigenvalue weighted by molar-refractivity contribution is 5.89. The Morgan fingerprint density at radius 1 is 1.31 bits per heavy atom. The van der Waals surface area contributed by atoms with Gasteiger partial charge < -0.3 is 14.8 Å². The highest BCUT2D eigenvalue weighted by Gasteiger charge is 2.34. The molecule has 1 aliphatic heterocycles. The summed E-state index contributed by atoms with van der Waals surface area (Å²) in [5, 5.41) is 9.03. The van der Waals surface area contributed by atoms with E-state index >= 15 is 0 Å². The zero-order valence-electron chi connectivity index (χ0n) is 15.7. The molecular weight excluding hydrogens is 330 g/mol. The van der Waals surface area contributed by atoms with E-state index in [1.54, 1.807) is 18.1 Å². The molecule has 3 heterocycles. The largest absolute Gasteiger partial charge is 0.497 e. The van der Waals surface area contributed by atoms with Crippen molar-refractivity contribution in [3.05, 3.63) is 35.8 Å². The van der Waals surface area contributed by atoms with Crippen LogP contribution in [-0.4, -0.2) is 32.5 Å². The monoisotopic (exact) mass is 353 g/mol. The molecule has 7 nitrogen and oxygen atoms in total. The fourth-order valence-electron chi connectivity index (χ4n) is 3.64.